The molecule has 124 valence electrons. The summed E-state index contributed by atoms with van der Waals surface area (Å²) in [5.41, 5.74) is 0.362. The van der Waals surface area contributed by atoms with Gasteiger partial charge in [-0.15, -0.1) is 5.10 Å². The number of hydrogen-bond acceptors (Lipinski definition) is 5. The van der Waals surface area contributed by atoms with Crippen LogP contribution in [-0.4, -0.2) is 38.7 Å². The summed E-state index contributed by atoms with van der Waals surface area (Å²) in [6.07, 6.45) is 0.749. The molecule has 0 aliphatic heterocycles. The number of aryl methyl sites for hydroxylation is 1. The molecule has 0 spiro atoms. The molecule has 2 rings (SSSR count). The van der Waals surface area contributed by atoms with Gasteiger partial charge in [0.25, 0.3) is 5.56 Å². The molecule has 7 nitrogen and oxygen atoms in total. The van der Waals surface area contributed by atoms with Crippen molar-refractivity contribution >= 4 is 16.8 Å². The maximum absolute atomic E-state index is 12.2. The summed E-state index contributed by atoms with van der Waals surface area (Å²) >= 11 is 0. The first-order valence-corrected chi connectivity index (χ1v) is 7.75. The monoisotopic (exact) mass is 318 g/mol. The number of amides is 1. The number of hydrogen-bond donors (Lipinski definition) is 2. The van der Waals surface area contributed by atoms with Crippen LogP contribution in [0.4, 0.5) is 0 Å². The third-order valence-electron chi connectivity index (χ3n) is 3.75. The van der Waals surface area contributed by atoms with E-state index in [1.54, 1.807) is 24.3 Å². The summed E-state index contributed by atoms with van der Waals surface area (Å²) in [6.45, 7) is 4.12. The maximum atomic E-state index is 12.2. The van der Waals surface area contributed by atoms with E-state index in [0.717, 1.165) is 0 Å². The summed E-state index contributed by atoms with van der Waals surface area (Å²) < 4.78 is 1.28. The molecule has 1 atom stereocenters. The molecule has 2 aromatic rings. The van der Waals surface area contributed by atoms with Crippen LogP contribution in [0.15, 0.2) is 29.1 Å². The van der Waals surface area contributed by atoms with E-state index in [4.69, 9.17) is 0 Å². The second-order valence-electron chi connectivity index (χ2n) is 5.84. The number of aliphatic hydroxyl groups is 1. The van der Waals surface area contributed by atoms with Crippen molar-refractivity contribution in [2.75, 3.05) is 6.61 Å². The van der Waals surface area contributed by atoms with Gasteiger partial charge < -0.3 is 10.4 Å². The Kier molecular flexibility index (Phi) is 5.81. The predicted octanol–water partition coefficient (Wildman–Crippen LogP) is 0.705. The van der Waals surface area contributed by atoms with Gasteiger partial charge in [0.2, 0.25) is 5.91 Å². The van der Waals surface area contributed by atoms with Gasteiger partial charge in [-0.3, -0.25) is 9.59 Å². The van der Waals surface area contributed by atoms with Gasteiger partial charge in [-0.05, 0) is 24.5 Å². The fourth-order valence-corrected chi connectivity index (χ4v) is 2.26. The van der Waals surface area contributed by atoms with E-state index in [9.17, 15) is 14.7 Å². The molecule has 1 aromatic heterocycles. The van der Waals surface area contributed by atoms with E-state index in [2.05, 4.69) is 15.6 Å². The first-order valence-electron chi connectivity index (χ1n) is 7.75. The first-order chi connectivity index (χ1) is 11.0. The molecule has 0 fully saturated rings. The van der Waals surface area contributed by atoms with E-state index in [-0.39, 0.29) is 36.5 Å². The molecule has 1 amide bonds. The van der Waals surface area contributed by atoms with Crippen molar-refractivity contribution in [1.29, 1.82) is 0 Å². The Hall–Kier alpha value is -2.28. The zero-order chi connectivity index (χ0) is 16.8. The first kappa shape index (κ1) is 17.1. The number of rotatable bonds is 7. The molecular weight excluding hydrogens is 296 g/mol. The topological polar surface area (TPSA) is 97.1 Å². The zero-order valence-corrected chi connectivity index (χ0v) is 13.4. The van der Waals surface area contributed by atoms with Crippen LogP contribution in [0.2, 0.25) is 0 Å². The van der Waals surface area contributed by atoms with Crippen LogP contribution in [0.3, 0.4) is 0 Å². The van der Waals surface area contributed by atoms with Gasteiger partial charge in [-0.1, -0.05) is 31.2 Å². The van der Waals surface area contributed by atoms with Crippen molar-refractivity contribution in [3.8, 4) is 0 Å². The second-order valence-corrected chi connectivity index (χ2v) is 5.84. The van der Waals surface area contributed by atoms with E-state index in [1.165, 1.54) is 4.68 Å². The summed E-state index contributed by atoms with van der Waals surface area (Å²) in [6, 6.07) is 6.79. The third-order valence-corrected chi connectivity index (χ3v) is 3.75. The smallest absolute Gasteiger partial charge is 0.277 e. The second kappa shape index (κ2) is 7.82. The molecule has 0 radical (unpaired) electrons. The lowest BCUT2D eigenvalue weighted by Gasteiger charge is -2.19. The van der Waals surface area contributed by atoms with E-state index >= 15 is 0 Å². The van der Waals surface area contributed by atoms with Gasteiger partial charge >= 0.3 is 0 Å². The fraction of sp³-hybridized carbons (Fsp3) is 0.500. The van der Waals surface area contributed by atoms with Gasteiger partial charge in [0.15, 0.2) is 0 Å². The van der Waals surface area contributed by atoms with Crippen LogP contribution in [0, 0.1) is 5.92 Å². The van der Waals surface area contributed by atoms with Crippen molar-refractivity contribution in [1.82, 2.24) is 20.3 Å². The SMILES string of the molecule is CC(C)[C@@H](CO)NC(=O)CCCn1nnc2ccccc2c1=O. The number of nitrogens with one attached hydrogen (secondary N) is 1. The normalized spacial score (nSPS) is 12.5. The molecule has 0 saturated carbocycles. The molecule has 0 aliphatic rings. The highest BCUT2D eigenvalue weighted by Gasteiger charge is 2.14. The molecule has 7 heteroatoms. The van der Waals surface area contributed by atoms with Crippen molar-refractivity contribution in [3.63, 3.8) is 0 Å². The van der Waals surface area contributed by atoms with Gasteiger partial charge in [-0.25, -0.2) is 4.68 Å². The summed E-state index contributed by atoms with van der Waals surface area (Å²) in [4.78, 5) is 24.1. The molecule has 0 unspecified atom stereocenters. The minimum Gasteiger partial charge on any atom is -0.394 e. The molecule has 0 saturated heterocycles. The minimum absolute atomic E-state index is 0.0843. The predicted molar refractivity (Wildman–Crippen MR) is 86.9 cm³/mol. The van der Waals surface area contributed by atoms with Crippen molar-refractivity contribution in [2.45, 2.75) is 39.3 Å². The Bertz CT molecular complexity index is 727. The van der Waals surface area contributed by atoms with Gasteiger partial charge in [0, 0.05) is 13.0 Å². The molecule has 0 bridgehead atoms. The number of fused-ring (bicyclic) bond motifs is 1. The van der Waals surface area contributed by atoms with Gasteiger partial charge in [0.05, 0.1) is 18.0 Å². The minimum atomic E-state index is -0.245. The molecular formula is C16H22N4O3. The van der Waals surface area contributed by atoms with Crippen LogP contribution in [0.1, 0.15) is 26.7 Å². The number of carbonyl (C=O) groups is 1. The lowest BCUT2D eigenvalue weighted by Crippen LogP contribution is -2.41. The quantitative estimate of drug-likeness (QED) is 0.783. The van der Waals surface area contributed by atoms with Gasteiger partial charge in [-0.2, -0.15) is 0 Å². The Morgan fingerprint density at radius 2 is 2.09 bits per heavy atom. The average Bonchev–Trinajstić information content (AvgIpc) is 2.54. The Morgan fingerprint density at radius 1 is 1.35 bits per heavy atom. The van der Waals surface area contributed by atoms with E-state index in [0.29, 0.717) is 23.9 Å². The van der Waals surface area contributed by atoms with Crippen LogP contribution in [-0.2, 0) is 11.3 Å². The third kappa shape index (κ3) is 4.35. The van der Waals surface area contributed by atoms with Crippen LogP contribution in [0.5, 0.6) is 0 Å². The lowest BCUT2D eigenvalue weighted by atomic mass is 10.1. The van der Waals surface area contributed by atoms with Gasteiger partial charge in [0.1, 0.15) is 5.52 Å². The van der Waals surface area contributed by atoms with Crippen molar-refractivity contribution < 1.29 is 9.90 Å². The molecule has 1 heterocycles. The number of benzene rings is 1. The van der Waals surface area contributed by atoms with Crippen molar-refractivity contribution in [3.05, 3.63) is 34.6 Å². The molecule has 0 aliphatic carbocycles. The van der Waals surface area contributed by atoms with E-state index in [1.807, 2.05) is 13.8 Å². The van der Waals surface area contributed by atoms with Crippen LogP contribution >= 0.6 is 0 Å². The number of nitrogens with zero attached hydrogens (tertiary/aromatic N) is 3. The number of carbonyl (C=O) groups excluding carboxylic acids is 1. The number of aliphatic hydroxyl groups excluding tert-OH is 1. The van der Waals surface area contributed by atoms with Crippen LogP contribution < -0.4 is 10.9 Å². The highest BCUT2D eigenvalue weighted by atomic mass is 16.3. The molecule has 2 N–H and O–H groups in total. The summed E-state index contributed by atoms with van der Waals surface area (Å²) in [7, 11) is 0. The fourth-order valence-electron chi connectivity index (χ4n) is 2.26. The average molecular weight is 318 g/mol. The molecule has 1 aromatic carbocycles. The number of aromatic nitrogens is 3. The highest BCUT2D eigenvalue weighted by molar-refractivity contribution is 5.77. The summed E-state index contributed by atoms with van der Waals surface area (Å²) in [5.74, 6) is 0.0254. The highest BCUT2D eigenvalue weighted by Crippen LogP contribution is 2.04. The maximum Gasteiger partial charge on any atom is 0.277 e. The molecule has 23 heavy (non-hydrogen) atoms. The van der Waals surface area contributed by atoms with Crippen LogP contribution in [0.25, 0.3) is 10.9 Å². The summed E-state index contributed by atoms with van der Waals surface area (Å²) in [5, 5.41) is 20.4. The Labute approximate surface area is 134 Å². The zero-order valence-electron chi connectivity index (χ0n) is 13.4. The van der Waals surface area contributed by atoms with Crippen molar-refractivity contribution in [2.24, 2.45) is 5.92 Å². The van der Waals surface area contributed by atoms with E-state index < -0.39 is 0 Å². The lowest BCUT2D eigenvalue weighted by molar-refractivity contribution is -0.122. The Morgan fingerprint density at radius 3 is 2.78 bits per heavy atom. The largest absolute Gasteiger partial charge is 0.394 e. The Balaban J connectivity index is 1.93. The standard InChI is InChI=1S/C16H22N4O3/c1-11(2)14(10-21)17-15(22)8-5-9-20-16(23)12-6-3-4-7-13(12)18-19-20/h3-4,6-7,11,14,21H,5,8-10H2,1-2H3,(H,17,22)/t14-/m1/s1.